The number of aromatic nitrogens is 3. The summed E-state index contributed by atoms with van der Waals surface area (Å²) in [4.78, 5) is 19.9. The van der Waals surface area contributed by atoms with Crippen molar-refractivity contribution in [3.63, 3.8) is 0 Å². The molecule has 0 aliphatic carbocycles. The Balaban J connectivity index is 1.36. The maximum atomic E-state index is 11.9. The SMILES string of the molecule is O=C(C=Cc1cc2ccccc2o1)NNc1nc(-c2ccncc2)no1. The van der Waals surface area contributed by atoms with Crippen LogP contribution in [-0.2, 0) is 4.79 Å². The molecule has 2 N–H and O–H groups in total. The molecule has 0 saturated carbocycles. The zero-order valence-electron chi connectivity index (χ0n) is 13.4. The maximum absolute atomic E-state index is 11.9. The van der Waals surface area contributed by atoms with Gasteiger partial charge < -0.3 is 8.94 Å². The molecule has 0 unspecified atom stereocenters. The quantitative estimate of drug-likeness (QED) is 0.422. The number of nitrogens with zero attached hydrogens (tertiary/aromatic N) is 3. The van der Waals surface area contributed by atoms with Crippen molar-refractivity contribution in [1.82, 2.24) is 20.6 Å². The van der Waals surface area contributed by atoms with Crippen LogP contribution in [0.5, 0.6) is 0 Å². The van der Waals surface area contributed by atoms with E-state index in [0.717, 1.165) is 16.5 Å². The molecule has 8 nitrogen and oxygen atoms in total. The van der Waals surface area contributed by atoms with Gasteiger partial charge in [-0.3, -0.25) is 15.2 Å². The Hall–Kier alpha value is -3.94. The molecular formula is C18H13N5O3. The number of nitrogens with one attached hydrogen (secondary N) is 2. The molecular weight excluding hydrogens is 334 g/mol. The van der Waals surface area contributed by atoms with Crippen molar-refractivity contribution in [3.8, 4) is 11.4 Å². The van der Waals surface area contributed by atoms with E-state index < -0.39 is 5.91 Å². The highest BCUT2D eigenvalue weighted by molar-refractivity contribution is 5.92. The summed E-state index contributed by atoms with van der Waals surface area (Å²) in [6, 6.07) is 13.0. The minimum atomic E-state index is -0.394. The Morgan fingerprint density at radius 3 is 2.81 bits per heavy atom. The number of benzene rings is 1. The highest BCUT2D eigenvalue weighted by atomic mass is 16.5. The van der Waals surface area contributed by atoms with Crippen LogP contribution in [0.3, 0.4) is 0 Å². The summed E-state index contributed by atoms with van der Waals surface area (Å²) in [5.41, 5.74) is 6.52. The lowest BCUT2D eigenvalue weighted by Gasteiger charge is -1.99. The molecule has 1 aromatic carbocycles. The third-order valence-electron chi connectivity index (χ3n) is 3.50. The van der Waals surface area contributed by atoms with Gasteiger partial charge in [-0.05, 0) is 30.3 Å². The molecule has 0 aliphatic rings. The number of carbonyl (C=O) groups excluding carboxylic acids is 1. The van der Waals surface area contributed by atoms with E-state index in [1.54, 1.807) is 30.6 Å². The predicted molar refractivity (Wildman–Crippen MR) is 94.5 cm³/mol. The zero-order valence-corrected chi connectivity index (χ0v) is 13.4. The van der Waals surface area contributed by atoms with Crippen LogP contribution in [0, 0.1) is 0 Å². The second-order valence-electron chi connectivity index (χ2n) is 5.29. The van der Waals surface area contributed by atoms with E-state index in [1.165, 1.54) is 6.08 Å². The van der Waals surface area contributed by atoms with Crippen LogP contribution in [0.4, 0.5) is 6.01 Å². The van der Waals surface area contributed by atoms with Crippen LogP contribution < -0.4 is 10.9 Å². The van der Waals surface area contributed by atoms with Gasteiger partial charge in [0.1, 0.15) is 11.3 Å². The fraction of sp³-hybridized carbons (Fsp3) is 0. The second kappa shape index (κ2) is 6.89. The molecule has 1 amide bonds. The number of amides is 1. The van der Waals surface area contributed by atoms with E-state index in [4.69, 9.17) is 8.94 Å². The highest BCUT2D eigenvalue weighted by Crippen LogP contribution is 2.19. The number of hydrogen-bond acceptors (Lipinski definition) is 7. The van der Waals surface area contributed by atoms with Gasteiger partial charge in [-0.2, -0.15) is 4.98 Å². The first-order chi connectivity index (χ1) is 12.8. The fourth-order valence-corrected chi connectivity index (χ4v) is 2.29. The van der Waals surface area contributed by atoms with Gasteiger partial charge in [0.15, 0.2) is 0 Å². The molecule has 3 heterocycles. The summed E-state index contributed by atoms with van der Waals surface area (Å²) < 4.78 is 10.6. The first-order valence-electron chi connectivity index (χ1n) is 7.75. The molecule has 0 atom stereocenters. The largest absolute Gasteiger partial charge is 0.457 e. The molecule has 0 saturated heterocycles. The van der Waals surface area contributed by atoms with Gasteiger partial charge in [0.25, 0.3) is 5.91 Å². The van der Waals surface area contributed by atoms with Crippen molar-refractivity contribution in [2.75, 3.05) is 5.43 Å². The number of pyridine rings is 1. The van der Waals surface area contributed by atoms with E-state index in [2.05, 4.69) is 26.0 Å². The van der Waals surface area contributed by atoms with Gasteiger partial charge in [-0.25, -0.2) is 5.43 Å². The minimum Gasteiger partial charge on any atom is -0.457 e. The lowest BCUT2D eigenvalue weighted by atomic mass is 10.2. The first kappa shape index (κ1) is 15.6. The number of hydrogen-bond donors (Lipinski definition) is 2. The summed E-state index contributed by atoms with van der Waals surface area (Å²) >= 11 is 0. The summed E-state index contributed by atoms with van der Waals surface area (Å²) in [5, 5.41) is 4.79. The molecule has 0 radical (unpaired) electrons. The predicted octanol–water partition coefficient (Wildman–Crippen LogP) is 3.03. The number of hydrazine groups is 1. The van der Waals surface area contributed by atoms with Gasteiger partial charge in [0.2, 0.25) is 5.82 Å². The molecule has 26 heavy (non-hydrogen) atoms. The Morgan fingerprint density at radius 2 is 1.96 bits per heavy atom. The monoisotopic (exact) mass is 347 g/mol. The van der Waals surface area contributed by atoms with Crippen LogP contribution in [-0.4, -0.2) is 21.0 Å². The van der Waals surface area contributed by atoms with E-state index in [-0.39, 0.29) is 6.01 Å². The van der Waals surface area contributed by atoms with E-state index in [1.807, 2.05) is 30.3 Å². The van der Waals surface area contributed by atoms with Crippen LogP contribution in [0.25, 0.3) is 28.4 Å². The van der Waals surface area contributed by atoms with Crippen molar-refractivity contribution in [2.45, 2.75) is 0 Å². The van der Waals surface area contributed by atoms with Gasteiger partial charge in [-0.15, -0.1) is 0 Å². The normalized spacial score (nSPS) is 11.1. The summed E-state index contributed by atoms with van der Waals surface area (Å²) in [6.45, 7) is 0. The average Bonchev–Trinajstić information content (AvgIpc) is 3.32. The molecule has 4 aromatic rings. The van der Waals surface area contributed by atoms with Crippen molar-refractivity contribution in [3.05, 3.63) is 66.7 Å². The van der Waals surface area contributed by atoms with Crippen molar-refractivity contribution < 1.29 is 13.7 Å². The molecule has 0 spiro atoms. The topological polar surface area (TPSA) is 106 Å². The van der Waals surface area contributed by atoms with Gasteiger partial charge in [0.05, 0.1) is 0 Å². The molecule has 0 bridgehead atoms. The molecule has 0 fully saturated rings. The van der Waals surface area contributed by atoms with Crippen LogP contribution in [0.1, 0.15) is 5.76 Å². The van der Waals surface area contributed by atoms with E-state index in [9.17, 15) is 4.79 Å². The molecule has 8 heteroatoms. The zero-order chi connectivity index (χ0) is 17.8. The fourth-order valence-electron chi connectivity index (χ4n) is 2.29. The maximum Gasteiger partial charge on any atom is 0.340 e. The van der Waals surface area contributed by atoms with Crippen LogP contribution >= 0.6 is 0 Å². The lowest BCUT2D eigenvalue weighted by Crippen LogP contribution is -2.27. The van der Waals surface area contributed by atoms with Gasteiger partial charge in [-0.1, -0.05) is 23.4 Å². The number of rotatable bonds is 5. The standard InChI is InChI=1S/C18H13N5O3/c24-16(6-5-14-11-13-3-1-2-4-15(13)25-14)21-22-18-20-17(23-26-18)12-7-9-19-10-8-12/h1-11H,(H,21,24)(H,20,22,23). The van der Waals surface area contributed by atoms with E-state index >= 15 is 0 Å². The van der Waals surface area contributed by atoms with Gasteiger partial charge in [0, 0.05) is 29.4 Å². The van der Waals surface area contributed by atoms with Crippen LogP contribution in [0.15, 0.2) is 69.9 Å². The lowest BCUT2D eigenvalue weighted by molar-refractivity contribution is -0.116. The molecule has 128 valence electrons. The van der Waals surface area contributed by atoms with E-state index in [0.29, 0.717) is 11.6 Å². The summed E-state index contributed by atoms with van der Waals surface area (Å²) in [5.74, 6) is 0.579. The number of carbonyl (C=O) groups is 1. The van der Waals surface area contributed by atoms with Crippen molar-refractivity contribution in [2.24, 2.45) is 0 Å². The second-order valence-corrected chi connectivity index (χ2v) is 5.29. The smallest absolute Gasteiger partial charge is 0.340 e. The highest BCUT2D eigenvalue weighted by Gasteiger charge is 2.08. The first-order valence-corrected chi connectivity index (χ1v) is 7.75. The Labute approximate surface area is 147 Å². The Kier molecular flexibility index (Phi) is 4.13. The van der Waals surface area contributed by atoms with Gasteiger partial charge >= 0.3 is 6.01 Å². The minimum absolute atomic E-state index is 0.0716. The molecule has 0 aliphatic heterocycles. The number of para-hydroxylation sites is 1. The molecule has 4 rings (SSSR count). The van der Waals surface area contributed by atoms with Crippen LogP contribution in [0.2, 0.25) is 0 Å². The Bertz CT molecular complexity index is 1040. The molecule has 3 aromatic heterocycles. The van der Waals surface area contributed by atoms with Crippen molar-refractivity contribution >= 4 is 29.0 Å². The third kappa shape index (κ3) is 3.44. The van der Waals surface area contributed by atoms with Crippen molar-refractivity contribution in [1.29, 1.82) is 0 Å². The number of fused-ring (bicyclic) bond motifs is 1. The third-order valence-corrected chi connectivity index (χ3v) is 3.50. The summed E-state index contributed by atoms with van der Waals surface area (Å²) in [6.07, 6.45) is 6.17. The number of anilines is 1. The summed E-state index contributed by atoms with van der Waals surface area (Å²) in [7, 11) is 0. The average molecular weight is 347 g/mol. The Morgan fingerprint density at radius 1 is 1.12 bits per heavy atom. The number of furan rings is 1.